The van der Waals surface area contributed by atoms with Crippen LogP contribution in [0.5, 0.6) is 0 Å². The van der Waals surface area contributed by atoms with Crippen LogP contribution in [0.15, 0.2) is 0 Å². The van der Waals surface area contributed by atoms with Crippen LogP contribution in [0.25, 0.3) is 0 Å². The Labute approximate surface area is 68.3 Å². The topological polar surface area (TPSA) is 18.5 Å². The average molecular weight is 253 g/mol. The van der Waals surface area contributed by atoms with Gasteiger partial charge in [-0.1, -0.05) is 0 Å². The maximum atomic E-state index is 5.30. The van der Waals surface area contributed by atoms with Crippen LogP contribution in [-0.4, -0.2) is 24.4 Å². The van der Waals surface area contributed by atoms with Gasteiger partial charge in [-0.15, -0.1) is 0 Å². The van der Waals surface area contributed by atoms with E-state index in [4.69, 9.17) is 8.11 Å². The molecule has 0 aromatic heterocycles. The molecule has 0 amide bonds. The van der Waals surface area contributed by atoms with Gasteiger partial charge in [0.05, 0.1) is 0 Å². The van der Waals surface area contributed by atoms with Crippen LogP contribution in [0.3, 0.4) is 0 Å². The summed E-state index contributed by atoms with van der Waals surface area (Å²) in [5.74, 6) is 0. The summed E-state index contributed by atoms with van der Waals surface area (Å²) in [4.78, 5) is 11.7. The van der Waals surface area contributed by atoms with Crippen molar-refractivity contribution in [1.29, 1.82) is 0 Å². The fourth-order valence-corrected chi connectivity index (χ4v) is 1.68. The predicted octanol–water partition coefficient (Wildman–Crippen LogP) is 2.57. The number of hydrogen-bond donors (Lipinski definition) is 0. The fourth-order valence-electron chi connectivity index (χ4n) is 0.250. The molecule has 0 heterocycles. The minimum atomic E-state index is -2.14. The molecule has 0 aromatic rings. The van der Waals surface area contributed by atoms with Gasteiger partial charge in [-0.25, -0.2) is 0 Å². The SMILES string of the molecule is CC(C)(C)O[O][Sn]([CH3])([CH3])[CH3]. The average Bonchev–Trinajstić information content (AvgIpc) is 1.57. The van der Waals surface area contributed by atoms with Crippen molar-refractivity contribution in [3.8, 4) is 0 Å². The monoisotopic (exact) mass is 254 g/mol. The molecule has 0 atom stereocenters. The Bertz CT molecular complexity index is 85.2. The first-order valence-electron chi connectivity index (χ1n) is 3.57. The maximum absolute atomic E-state index is 5.30. The Morgan fingerprint density at radius 2 is 1.40 bits per heavy atom. The molecule has 0 aliphatic carbocycles. The van der Waals surface area contributed by atoms with Crippen LogP contribution < -0.4 is 0 Å². The molecule has 0 spiro atoms. The van der Waals surface area contributed by atoms with Crippen LogP contribution in [0.2, 0.25) is 14.8 Å². The summed E-state index contributed by atoms with van der Waals surface area (Å²) in [5.41, 5.74) is -0.163. The van der Waals surface area contributed by atoms with Crippen molar-refractivity contribution in [2.75, 3.05) is 0 Å². The van der Waals surface area contributed by atoms with E-state index < -0.39 is 18.8 Å². The summed E-state index contributed by atoms with van der Waals surface area (Å²) in [6, 6.07) is 0. The van der Waals surface area contributed by atoms with E-state index in [2.05, 4.69) is 14.8 Å². The summed E-state index contributed by atoms with van der Waals surface area (Å²) in [6.45, 7) is 5.97. The van der Waals surface area contributed by atoms with Crippen molar-refractivity contribution in [3.05, 3.63) is 0 Å². The van der Waals surface area contributed by atoms with Gasteiger partial charge < -0.3 is 0 Å². The van der Waals surface area contributed by atoms with Gasteiger partial charge in [0.25, 0.3) is 0 Å². The van der Waals surface area contributed by atoms with E-state index in [9.17, 15) is 0 Å². The zero-order chi connectivity index (χ0) is 8.41. The zero-order valence-electron chi connectivity index (χ0n) is 7.82. The van der Waals surface area contributed by atoms with Gasteiger partial charge in [-0.3, -0.25) is 0 Å². The van der Waals surface area contributed by atoms with Gasteiger partial charge in [0.15, 0.2) is 0 Å². The molecule has 0 unspecified atom stereocenters. The molecule has 0 rings (SSSR count). The first kappa shape index (κ1) is 10.7. The fraction of sp³-hybridized carbons (Fsp3) is 1.00. The zero-order valence-corrected chi connectivity index (χ0v) is 10.7. The molecule has 10 heavy (non-hydrogen) atoms. The molecule has 0 saturated carbocycles. The van der Waals surface area contributed by atoms with E-state index in [0.29, 0.717) is 0 Å². The Balaban J connectivity index is 3.56. The normalized spacial score (nSPS) is 13.8. The van der Waals surface area contributed by atoms with Crippen LogP contribution in [0, 0.1) is 0 Å². The van der Waals surface area contributed by atoms with E-state index in [1.54, 1.807) is 0 Å². The molecular formula is C7H18O2Sn. The van der Waals surface area contributed by atoms with Gasteiger partial charge >= 0.3 is 68.1 Å². The summed E-state index contributed by atoms with van der Waals surface area (Å²) in [7, 11) is 0. The Morgan fingerprint density at radius 3 is 1.50 bits per heavy atom. The second kappa shape index (κ2) is 3.41. The van der Waals surface area contributed by atoms with Gasteiger partial charge in [-0.2, -0.15) is 0 Å². The third-order valence-corrected chi connectivity index (χ3v) is 2.21. The Morgan fingerprint density at radius 1 is 1.00 bits per heavy atom. The van der Waals surface area contributed by atoms with Crippen molar-refractivity contribution in [1.82, 2.24) is 0 Å². The van der Waals surface area contributed by atoms with E-state index in [-0.39, 0.29) is 5.60 Å². The molecule has 0 saturated heterocycles. The van der Waals surface area contributed by atoms with Crippen molar-refractivity contribution in [3.63, 3.8) is 0 Å². The van der Waals surface area contributed by atoms with Crippen molar-refractivity contribution < 1.29 is 8.11 Å². The second-order valence-corrected chi connectivity index (χ2v) is 16.9. The van der Waals surface area contributed by atoms with Gasteiger partial charge in [0.1, 0.15) is 0 Å². The molecule has 0 N–H and O–H groups in total. The summed E-state index contributed by atoms with van der Waals surface area (Å²) in [6.07, 6.45) is 0. The Hall–Kier alpha value is 0.719. The molecule has 0 radical (unpaired) electrons. The quantitative estimate of drug-likeness (QED) is 0.427. The first-order valence-corrected chi connectivity index (χ1v) is 13.3. The second-order valence-electron chi connectivity index (χ2n) is 4.39. The standard InChI is InChI=1S/C4H10O2.3CH3.Sn/c1-4(2,3)6-5;;;;/h5H,1-3H3;3*1H3;/q;;;;+1/p-1. The van der Waals surface area contributed by atoms with E-state index in [0.717, 1.165) is 0 Å². The summed E-state index contributed by atoms with van der Waals surface area (Å²) < 4.78 is 5.30. The van der Waals surface area contributed by atoms with E-state index >= 15 is 0 Å². The number of rotatable bonds is 2. The molecule has 0 fully saturated rings. The van der Waals surface area contributed by atoms with Crippen LogP contribution in [0.4, 0.5) is 0 Å². The molecule has 3 heteroatoms. The van der Waals surface area contributed by atoms with Gasteiger partial charge in [-0.05, 0) is 0 Å². The molecular weight excluding hydrogens is 235 g/mol. The Kier molecular flexibility index (Phi) is 3.66. The van der Waals surface area contributed by atoms with Gasteiger partial charge in [0.2, 0.25) is 0 Å². The van der Waals surface area contributed by atoms with Crippen LogP contribution >= 0.6 is 0 Å². The number of hydrogen-bond acceptors (Lipinski definition) is 2. The molecule has 2 nitrogen and oxygen atoms in total. The van der Waals surface area contributed by atoms with Crippen LogP contribution in [0.1, 0.15) is 20.8 Å². The summed E-state index contributed by atoms with van der Waals surface area (Å²) in [5, 5.41) is 0. The molecule has 0 aromatic carbocycles. The molecule has 0 aliphatic rings. The predicted molar refractivity (Wildman–Crippen MR) is 45.3 cm³/mol. The molecule has 62 valence electrons. The third kappa shape index (κ3) is 8.72. The van der Waals surface area contributed by atoms with E-state index in [1.807, 2.05) is 20.8 Å². The van der Waals surface area contributed by atoms with E-state index in [1.165, 1.54) is 0 Å². The first-order chi connectivity index (χ1) is 4.21. The van der Waals surface area contributed by atoms with Crippen molar-refractivity contribution in [2.45, 2.75) is 41.2 Å². The van der Waals surface area contributed by atoms with Crippen LogP contribution in [-0.2, 0) is 8.11 Å². The molecule has 0 aliphatic heterocycles. The van der Waals surface area contributed by atoms with Crippen molar-refractivity contribution >= 4 is 18.8 Å². The molecule has 0 bridgehead atoms. The van der Waals surface area contributed by atoms with Crippen molar-refractivity contribution in [2.24, 2.45) is 0 Å². The van der Waals surface area contributed by atoms with Gasteiger partial charge in [0, 0.05) is 0 Å². The minimum absolute atomic E-state index is 0.163. The third-order valence-electron chi connectivity index (χ3n) is 0.542. The summed E-state index contributed by atoms with van der Waals surface area (Å²) >= 11 is -2.14.